The lowest BCUT2D eigenvalue weighted by Crippen LogP contribution is -2.53. The second-order valence-corrected chi connectivity index (χ2v) is 6.98. The molecule has 2 aliphatic heterocycles. The molecule has 3 heterocycles. The number of piperidine rings is 1. The van der Waals surface area contributed by atoms with Crippen molar-refractivity contribution in [1.29, 1.82) is 0 Å². The van der Waals surface area contributed by atoms with Gasteiger partial charge in [0.05, 0.1) is 18.9 Å². The van der Waals surface area contributed by atoms with Crippen LogP contribution in [0.25, 0.3) is 0 Å². The number of benzene rings is 1. The summed E-state index contributed by atoms with van der Waals surface area (Å²) >= 11 is 0. The Balaban J connectivity index is 1.44. The lowest BCUT2D eigenvalue weighted by molar-refractivity contribution is -0.137. The fraction of sp³-hybridized carbons (Fsp3) is 0.450. The van der Waals surface area contributed by atoms with E-state index in [1.807, 2.05) is 18.2 Å². The Labute approximate surface area is 152 Å². The van der Waals surface area contributed by atoms with E-state index in [2.05, 4.69) is 10.2 Å². The lowest BCUT2D eigenvalue weighted by Gasteiger charge is -2.45. The smallest absolute Gasteiger partial charge is 0.224 e. The van der Waals surface area contributed by atoms with Gasteiger partial charge in [-0.15, -0.1) is 0 Å². The van der Waals surface area contributed by atoms with Gasteiger partial charge >= 0.3 is 0 Å². The molecule has 0 unspecified atom stereocenters. The first kappa shape index (κ1) is 17.1. The van der Waals surface area contributed by atoms with Crippen molar-refractivity contribution in [2.45, 2.75) is 25.5 Å². The van der Waals surface area contributed by atoms with Gasteiger partial charge in [-0.2, -0.15) is 0 Å². The van der Waals surface area contributed by atoms with Crippen LogP contribution in [0, 0.1) is 17.7 Å². The SMILES string of the molecule is O=C(NCc1ccco1)[C@@H]1CCO[C@@H]2CCN(c3cccc(F)c3)C[C@@H]21. The van der Waals surface area contributed by atoms with Crippen molar-refractivity contribution >= 4 is 11.6 Å². The van der Waals surface area contributed by atoms with Crippen molar-refractivity contribution in [3.8, 4) is 0 Å². The molecule has 1 amide bonds. The Morgan fingerprint density at radius 2 is 2.19 bits per heavy atom. The molecule has 1 N–H and O–H groups in total. The maximum absolute atomic E-state index is 13.6. The number of furan rings is 1. The van der Waals surface area contributed by atoms with Crippen LogP contribution in [0.2, 0.25) is 0 Å². The van der Waals surface area contributed by atoms with E-state index in [1.54, 1.807) is 18.4 Å². The van der Waals surface area contributed by atoms with Crippen molar-refractivity contribution < 1.29 is 18.3 Å². The topological polar surface area (TPSA) is 54.7 Å². The molecule has 2 fully saturated rings. The Morgan fingerprint density at radius 1 is 1.27 bits per heavy atom. The van der Waals surface area contributed by atoms with Crippen molar-refractivity contribution in [2.75, 3.05) is 24.6 Å². The molecule has 0 spiro atoms. The normalized spacial score (nSPS) is 25.6. The Hall–Kier alpha value is -2.34. The average molecular weight is 358 g/mol. The summed E-state index contributed by atoms with van der Waals surface area (Å²) in [5.74, 6) is 0.558. The molecule has 2 aliphatic rings. The predicted molar refractivity (Wildman–Crippen MR) is 95.1 cm³/mol. The highest BCUT2D eigenvalue weighted by Crippen LogP contribution is 2.35. The van der Waals surface area contributed by atoms with Crippen LogP contribution in [0.1, 0.15) is 18.6 Å². The summed E-state index contributed by atoms with van der Waals surface area (Å²) in [6.45, 7) is 2.52. The molecule has 26 heavy (non-hydrogen) atoms. The van der Waals surface area contributed by atoms with Crippen molar-refractivity contribution in [1.82, 2.24) is 5.32 Å². The summed E-state index contributed by atoms with van der Waals surface area (Å²) in [4.78, 5) is 14.9. The zero-order chi connectivity index (χ0) is 17.9. The number of rotatable bonds is 4. The van der Waals surface area contributed by atoms with Gasteiger partial charge in [-0.25, -0.2) is 4.39 Å². The first-order valence-electron chi connectivity index (χ1n) is 9.13. The highest BCUT2D eigenvalue weighted by atomic mass is 19.1. The number of hydrogen-bond acceptors (Lipinski definition) is 4. The third-order valence-electron chi connectivity index (χ3n) is 5.40. The van der Waals surface area contributed by atoms with Crippen molar-refractivity contribution in [2.24, 2.45) is 11.8 Å². The van der Waals surface area contributed by atoms with Crippen LogP contribution in [0.3, 0.4) is 0 Å². The molecule has 2 aromatic rings. The summed E-state index contributed by atoms with van der Waals surface area (Å²) in [5, 5.41) is 2.98. The quantitative estimate of drug-likeness (QED) is 0.913. The second-order valence-electron chi connectivity index (χ2n) is 6.98. The number of ether oxygens (including phenoxy) is 1. The Bertz CT molecular complexity index is 749. The van der Waals surface area contributed by atoms with Crippen LogP contribution in [-0.2, 0) is 16.1 Å². The van der Waals surface area contributed by atoms with E-state index in [0.29, 0.717) is 26.1 Å². The minimum atomic E-state index is -0.239. The lowest BCUT2D eigenvalue weighted by atomic mass is 9.79. The molecular weight excluding hydrogens is 335 g/mol. The molecule has 3 atom stereocenters. The van der Waals surface area contributed by atoms with Crippen LogP contribution in [0.5, 0.6) is 0 Å². The highest BCUT2D eigenvalue weighted by Gasteiger charge is 2.41. The van der Waals surface area contributed by atoms with E-state index in [-0.39, 0.29) is 29.7 Å². The van der Waals surface area contributed by atoms with Gasteiger partial charge in [-0.1, -0.05) is 6.07 Å². The van der Waals surface area contributed by atoms with Crippen LogP contribution in [0.15, 0.2) is 47.1 Å². The van der Waals surface area contributed by atoms with E-state index < -0.39 is 0 Å². The summed E-state index contributed by atoms with van der Waals surface area (Å²) in [5.41, 5.74) is 0.865. The van der Waals surface area contributed by atoms with Gasteiger partial charge in [-0.05, 0) is 43.2 Å². The molecule has 4 rings (SSSR count). The number of carbonyl (C=O) groups excluding carboxylic acids is 1. The molecule has 0 saturated carbocycles. The first-order chi connectivity index (χ1) is 12.7. The standard InChI is InChI=1S/C20H23FN2O3/c21-14-3-1-4-15(11-14)23-8-6-19-18(13-23)17(7-10-26-19)20(24)22-12-16-5-2-9-25-16/h1-5,9,11,17-19H,6-8,10,12-13H2,(H,22,24)/t17-,18-,19-/m1/s1. The summed E-state index contributed by atoms with van der Waals surface area (Å²) in [6.07, 6.45) is 3.25. The van der Waals surface area contributed by atoms with E-state index in [4.69, 9.17) is 9.15 Å². The fourth-order valence-electron chi connectivity index (χ4n) is 4.07. The Morgan fingerprint density at radius 3 is 3.00 bits per heavy atom. The van der Waals surface area contributed by atoms with Gasteiger partial charge in [0.15, 0.2) is 0 Å². The third kappa shape index (κ3) is 3.60. The molecule has 138 valence electrons. The molecule has 0 radical (unpaired) electrons. The predicted octanol–water partition coefficient (Wildman–Crippen LogP) is 2.97. The average Bonchev–Trinajstić information content (AvgIpc) is 3.19. The number of nitrogens with zero attached hydrogens (tertiary/aromatic N) is 1. The fourth-order valence-corrected chi connectivity index (χ4v) is 4.07. The molecular formula is C20H23FN2O3. The Kier molecular flexibility index (Phi) is 4.93. The number of amides is 1. The molecule has 0 aliphatic carbocycles. The number of hydrogen-bond donors (Lipinski definition) is 1. The van der Waals surface area contributed by atoms with Gasteiger partial charge < -0.3 is 19.4 Å². The minimum absolute atomic E-state index is 0.0424. The van der Waals surface area contributed by atoms with Crippen LogP contribution < -0.4 is 10.2 Å². The monoisotopic (exact) mass is 358 g/mol. The van der Waals surface area contributed by atoms with Gasteiger partial charge in [0, 0.05) is 37.2 Å². The molecule has 1 aromatic heterocycles. The summed E-state index contributed by atoms with van der Waals surface area (Å²) in [7, 11) is 0. The number of fused-ring (bicyclic) bond motifs is 1. The first-order valence-corrected chi connectivity index (χ1v) is 9.13. The number of carbonyl (C=O) groups is 1. The summed E-state index contributed by atoms with van der Waals surface area (Å²) < 4.78 is 24.8. The second kappa shape index (κ2) is 7.50. The van der Waals surface area contributed by atoms with Crippen molar-refractivity contribution in [3.63, 3.8) is 0 Å². The highest BCUT2D eigenvalue weighted by molar-refractivity contribution is 5.79. The number of nitrogens with one attached hydrogen (secondary N) is 1. The molecule has 2 saturated heterocycles. The third-order valence-corrected chi connectivity index (χ3v) is 5.40. The molecule has 1 aromatic carbocycles. The molecule has 0 bridgehead atoms. The van der Waals surface area contributed by atoms with Crippen molar-refractivity contribution in [3.05, 3.63) is 54.2 Å². The summed E-state index contributed by atoms with van der Waals surface area (Å²) in [6, 6.07) is 10.3. The van der Waals surface area contributed by atoms with Gasteiger partial charge in [0.1, 0.15) is 11.6 Å². The van der Waals surface area contributed by atoms with Gasteiger partial charge in [0.25, 0.3) is 0 Å². The van der Waals surface area contributed by atoms with E-state index in [9.17, 15) is 9.18 Å². The maximum atomic E-state index is 13.6. The molecule has 5 nitrogen and oxygen atoms in total. The van der Waals surface area contributed by atoms with E-state index in [0.717, 1.165) is 24.4 Å². The van der Waals surface area contributed by atoms with E-state index in [1.165, 1.54) is 6.07 Å². The zero-order valence-corrected chi connectivity index (χ0v) is 14.6. The van der Waals surface area contributed by atoms with Crippen LogP contribution in [0.4, 0.5) is 10.1 Å². The number of halogens is 1. The van der Waals surface area contributed by atoms with Gasteiger partial charge in [0.2, 0.25) is 5.91 Å². The van der Waals surface area contributed by atoms with Crippen LogP contribution >= 0.6 is 0 Å². The minimum Gasteiger partial charge on any atom is -0.467 e. The van der Waals surface area contributed by atoms with E-state index >= 15 is 0 Å². The van der Waals surface area contributed by atoms with Crippen LogP contribution in [-0.4, -0.2) is 31.7 Å². The maximum Gasteiger partial charge on any atom is 0.224 e. The number of anilines is 1. The van der Waals surface area contributed by atoms with Gasteiger partial charge in [-0.3, -0.25) is 4.79 Å². The largest absolute Gasteiger partial charge is 0.467 e. The molecule has 6 heteroatoms. The zero-order valence-electron chi connectivity index (χ0n) is 14.6.